The van der Waals surface area contributed by atoms with Gasteiger partial charge in [-0.1, -0.05) is 47.6 Å². The van der Waals surface area contributed by atoms with Crippen molar-refractivity contribution in [3.05, 3.63) is 71.5 Å². The van der Waals surface area contributed by atoms with E-state index in [0.717, 1.165) is 26.2 Å². The Hall–Kier alpha value is -1.38. The van der Waals surface area contributed by atoms with Crippen molar-refractivity contribution in [2.24, 2.45) is 11.8 Å². The van der Waals surface area contributed by atoms with Crippen LogP contribution in [-0.2, 0) is 17.7 Å². The zero-order valence-corrected chi connectivity index (χ0v) is 13.4. The summed E-state index contributed by atoms with van der Waals surface area (Å²) in [5.74, 6) is 1.27. The van der Waals surface area contributed by atoms with Crippen LogP contribution in [0.3, 0.4) is 0 Å². The lowest BCUT2D eigenvalue weighted by Gasteiger charge is -2.40. The summed E-state index contributed by atoms with van der Waals surface area (Å²) >= 11 is 0. The van der Waals surface area contributed by atoms with Gasteiger partial charge >= 0.3 is 0 Å². The molecule has 2 nitrogen and oxygen atoms in total. The highest BCUT2D eigenvalue weighted by atomic mass is 16.5. The number of hydrogen-bond acceptors (Lipinski definition) is 2. The fourth-order valence-electron chi connectivity index (χ4n) is 4.41. The van der Waals surface area contributed by atoms with Crippen LogP contribution in [-0.4, -0.2) is 30.7 Å². The Morgan fingerprint density at radius 1 is 1.04 bits per heavy atom. The summed E-state index contributed by atoms with van der Waals surface area (Å²) in [6, 6.07) is 8.89. The van der Waals surface area contributed by atoms with Crippen LogP contribution in [0.2, 0.25) is 0 Å². The Morgan fingerprint density at radius 2 is 1.83 bits per heavy atom. The molecule has 4 aliphatic rings. The van der Waals surface area contributed by atoms with Gasteiger partial charge in [-0.15, -0.1) is 0 Å². The van der Waals surface area contributed by atoms with Gasteiger partial charge in [0.15, 0.2) is 0 Å². The average molecular weight is 305 g/mol. The number of rotatable bonds is 4. The van der Waals surface area contributed by atoms with Crippen molar-refractivity contribution < 1.29 is 4.74 Å². The zero-order chi connectivity index (χ0) is 15.2. The first-order chi connectivity index (χ1) is 11.4. The van der Waals surface area contributed by atoms with Gasteiger partial charge in [-0.2, -0.15) is 0 Å². The molecule has 0 unspecified atom stereocenters. The van der Waals surface area contributed by atoms with Crippen LogP contribution in [0.1, 0.15) is 17.5 Å². The topological polar surface area (TPSA) is 12.5 Å². The van der Waals surface area contributed by atoms with Crippen LogP contribution in [0.15, 0.2) is 47.6 Å². The second kappa shape index (κ2) is 5.61. The first kappa shape index (κ1) is 14.0. The number of hydrogen-bond donors (Lipinski definition) is 0. The maximum absolute atomic E-state index is 6.25. The summed E-state index contributed by atoms with van der Waals surface area (Å²) < 4.78 is 6.25. The third-order valence-corrected chi connectivity index (χ3v) is 5.77. The molecule has 2 aliphatic heterocycles. The van der Waals surface area contributed by atoms with Crippen molar-refractivity contribution in [1.82, 2.24) is 4.90 Å². The molecule has 1 saturated heterocycles. The highest BCUT2D eigenvalue weighted by molar-refractivity contribution is 5.48. The number of benzene rings is 1. The first-order valence-corrected chi connectivity index (χ1v) is 8.89. The Morgan fingerprint density at radius 3 is 2.61 bits per heavy atom. The van der Waals surface area contributed by atoms with Crippen molar-refractivity contribution in [2.75, 3.05) is 19.7 Å². The van der Waals surface area contributed by atoms with Gasteiger partial charge in [-0.3, -0.25) is 4.90 Å². The first-order valence-electron chi connectivity index (χ1n) is 8.89. The van der Waals surface area contributed by atoms with Gasteiger partial charge in [0.1, 0.15) is 0 Å². The standard InChI is InChI=1S/C21H23NO/c1-2-4-18-13-22(11-9-15(18)3-1)14-20-21(17-7-8-17)19(10-12-23-20)16-5-6-16/h1-8,19-21H,9-14H2/t19-,20+,21+/m0/s1. The van der Waals surface area contributed by atoms with E-state index in [2.05, 4.69) is 54.2 Å². The third-order valence-electron chi connectivity index (χ3n) is 5.77. The van der Waals surface area contributed by atoms with Gasteiger partial charge in [0.25, 0.3) is 0 Å². The second-order valence-electron chi connectivity index (χ2n) is 7.25. The number of nitrogens with zero attached hydrogens (tertiary/aromatic N) is 1. The molecule has 118 valence electrons. The second-order valence-corrected chi connectivity index (χ2v) is 7.25. The maximum atomic E-state index is 6.25. The third kappa shape index (κ3) is 2.79. The minimum Gasteiger partial charge on any atom is -0.376 e. The summed E-state index contributed by atoms with van der Waals surface area (Å²) in [6.45, 7) is 4.21. The molecule has 0 amide bonds. The Bertz CT molecular complexity index is 674. The molecule has 1 aromatic carbocycles. The van der Waals surface area contributed by atoms with E-state index in [4.69, 9.17) is 4.74 Å². The van der Waals surface area contributed by atoms with Crippen LogP contribution < -0.4 is 0 Å². The summed E-state index contributed by atoms with van der Waals surface area (Å²) in [6.07, 6.45) is 11.9. The lowest BCUT2D eigenvalue weighted by molar-refractivity contribution is -0.0504. The van der Waals surface area contributed by atoms with Gasteiger partial charge in [-0.25, -0.2) is 0 Å². The molecular formula is C21H23NO. The summed E-state index contributed by atoms with van der Waals surface area (Å²) in [5, 5.41) is 0. The molecule has 0 saturated carbocycles. The van der Waals surface area contributed by atoms with E-state index >= 15 is 0 Å². The molecule has 5 rings (SSSR count). The minimum atomic E-state index is 0.346. The SMILES string of the molecule is [CH]1C=C1[C@H]1[C@@H](CN2CCc3ccccc3C2)OCC[C@H]1C1=C[CH]1. The average Bonchev–Trinajstić information content (AvgIpc) is 3.48. The van der Waals surface area contributed by atoms with Crippen LogP contribution in [0.4, 0.5) is 0 Å². The maximum Gasteiger partial charge on any atom is 0.0773 e. The zero-order valence-electron chi connectivity index (χ0n) is 13.4. The molecular weight excluding hydrogens is 282 g/mol. The number of fused-ring (bicyclic) bond motifs is 1. The highest BCUT2D eigenvalue weighted by Crippen LogP contribution is 2.46. The molecule has 2 heterocycles. The Kier molecular flexibility index (Phi) is 3.42. The van der Waals surface area contributed by atoms with Gasteiger partial charge in [0.05, 0.1) is 6.10 Å². The number of ether oxygens (including phenoxy) is 1. The quantitative estimate of drug-likeness (QED) is 0.846. The van der Waals surface area contributed by atoms with Crippen molar-refractivity contribution in [3.63, 3.8) is 0 Å². The predicted octanol–water partition coefficient (Wildman–Crippen LogP) is 3.35. The van der Waals surface area contributed by atoms with Crippen molar-refractivity contribution in [1.29, 1.82) is 0 Å². The normalized spacial score (nSPS) is 32.8. The molecule has 0 aromatic heterocycles. The predicted molar refractivity (Wildman–Crippen MR) is 91.5 cm³/mol. The van der Waals surface area contributed by atoms with Crippen molar-refractivity contribution in [3.8, 4) is 0 Å². The molecule has 0 spiro atoms. The highest BCUT2D eigenvalue weighted by Gasteiger charge is 2.42. The molecule has 2 radical (unpaired) electrons. The Balaban J connectivity index is 1.31. The van der Waals surface area contributed by atoms with E-state index in [1.165, 1.54) is 29.5 Å². The van der Waals surface area contributed by atoms with E-state index in [1.807, 2.05) is 0 Å². The molecule has 0 bridgehead atoms. The van der Waals surface area contributed by atoms with Crippen LogP contribution in [0.5, 0.6) is 0 Å². The Labute approximate surface area is 138 Å². The summed E-state index contributed by atoms with van der Waals surface area (Å²) in [7, 11) is 0. The number of allylic oxidation sites excluding steroid dienone is 3. The van der Waals surface area contributed by atoms with E-state index in [0.29, 0.717) is 17.9 Å². The van der Waals surface area contributed by atoms with E-state index in [1.54, 1.807) is 5.57 Å². The monoisotopic (exact) mass is 305 g/mol. The van der Waals surface area contributed by atoms with Crippen molar-refractivity contribution >= 4 is 0 Å². The molecule has 3 atom stereocenters. The molecule has 2 heteroatoms. The fourth-order valence-corrected chi connectivity index (χ4v) is 4.41. The summed E-state index contributed by atoms with van der Waals surface area (Å²) in [4.78, 5) is 2.59. The largest absolute Gasteiger partial charge is 0.376 e. The molecule has 1 aromatic rings. The van der Waals surface area contributed by atoms with Gasteiger partial charge in [0.2, 0.25) is 0 Å². The van der Waals surface area contributed by atoms with Crippen LogP contribution >= 0.6 is 0 Å². The molecule has 2 aliphatic carbocycles. The van der Waals surface area contributed by atoms with Crippen LogP contribution in [0, 0.1) is 24.7 Å². The van der Waals surface area contributed by atoms with E-state index in [-0.39, 0.29) is 0 Å². The molecule has 1 fully saturated rings. The fraction of sp³-hybridized carbons (Fsp3) is 0.429. The lowest BCUT2D eigenvalue weighted by Crippen LogP contribution is -2.45. The van der Waals surface area contributed by atoms with Crippen molar-refractivity contribution in [2.45, 2.75) is 25.5 Å². The summed E-state index contributed by atoms with van der Waals surface area (Å²) in [5.41, 5.74) is 6.11. The van der Waals surface area contributed by atoms with Gasteiger partial charge in [-0.05, 0) is 29.9 Å². The van der Waals surface area contributed by atoms with Crippen LogP contribution in [0.25, 0.3) is 0 Å². The molecule has 23 heavy (non-hydrogen) atoms. The van der Waals surface area contributed by atoms with Gasteiger partial charge in [0, 0.05) is 45.0 Å². The smallest absolute Gasteiger partial charge is 0.0773 e. The van der Waals surface area contributed by atoms with E-state index in [9.17, 15) is 0 Å². The van der Waals surface area contributed by atoms with E-state index < -0.39 is 0 Å². The minimum absolute atomic E-state index is 0.346. The molecule has 0 N–H and O–H groups in total. The van der Waals surface area contributed by atoms with Gasteiger partial charge < -0.3 is 4.74 Å². The lowest BCUT2D eigenvalue weighted by atomic mass is 9.79.